The first kappa shape index (κ1) is 14.1. The van der Waals surface area contributed by atoms with Crippen molar-refractivity contribution in [2.24, 2.45) is 0 Å². The van der Waals surface area contributed by atoms with Crippen LogP contribution in [0.3, 0.4) is 0 Å². The molecular weight excluding hydrogens is 210 g/mol. The van der Waals surface area contributed by atoms with Crippen molar-refractivity contribution in [3.8, 4) is 0 Å². The van der Waals surface area contributed by atoms with Gasteiger partial charge in [-0.3, -0.25) is 5.10 Å². The maximum absolute atomic E-state index is 4.20. The predicted octanol–water partition coefficient (Wildman–Crippen LogP) is 4.19. The second kappa shape index (κ2) is 7.36. The van der Waals surface area contributed by atoms with Crippen LogP contribution >= 0.6 is 0 Å². The van der Waals surface area contributed by atoms with E-state index in [1.807, 2.05) is 6.92 Å². The molecule has 0 spiro atoms. The number of rotatable bonds is 8. The summed E-state index contributed by atoms with van der Waals surface area (Å²) >= 11 is 0. The van der Waals surface area contributed by atoms with Crippen LogP contribution in [0.5, 0.6) is 0 Å². The number of hydrogen-bond acceptors (Lipinski definition) is 2. The highest BCUT2D eigenvalue weighted by molar-refractivity contribution is 5.51. The van der Waals surface area contributed by atoms with E-state index in [1.54, 1.807) is 0 Å². The van der Waals surface area contributed by atoms with Gasteiger partial charge < -0.3 is 5.32 Å². The van der Waals surface area contributed by atoms with Gasteiger partial charge in [-0.25, -0.2) is 0 Å². The molecule has 1 unspecified atom stereocenters. The number of aromatic amines is 1. The summed E-state index contributed by atoms with van der Waals surface area (Å²) in [6.45, 7) is 8.62. The van der Waals surface area contributed by atoms with Crippen LogP contribution in [0, 0.1) is 13.8 Å². The number of aromatic nitrogens is 2. The van der Waals surface area contributed by atoms with E-state index in [9.17, 15) is 0 Å². The van der Waals surface area contributed by atoms with Gasteiger partial charge in [-0.2, -0.15) is 5.10 Å². The normalized spacial score (nSPS) is 12.7. The van der Waals surface area contributed by atoms with Gasteiger partial charge in [0.2, 0.25) is 0 Å². The summed E-state index contributed by atoms with van der Waals surface area (Å²) in [7, 11) is 0. The molecule has 0 saturated carbocycles. The topological polar surface area (TPSA) is 40.7 Å². The summed E-state index contributed by atoms with van der Waals surface area (Å²) in [5.74, 6) is 0. The lowest BCUT2D eigenvalue weighted by molar-refractivity contribution is 0.578. The largest absolute Gasteiger partial charge is 0.380 e. The Hall–Kier alpha value is -0.990. The monoisotopic (exact) mass is 237 g/mol. The third-order valence-electron chi connectivity index (χ3n) is 3.26. The molecule has 2 N–H and O–H groups in total. The van der Waals surface area contributed by atoms with Gasteiger partial charge >= 0.3 is 0 Å². The number of H-pyrrole nitrogens is 1. The highest BCUT2D eigenvalue weighted by atomic mass is 15.2. The summed E-state index contributed by atoms with van der Waals surface area (Å²) in [5, 5.41) is 10.8. The Balaban J connectivity index is 2.23. The van der Waals surface area contributed by atoms with E-state index in [-0.39, 0.29) is 0 Å². The van der Waals surface area contributed by atoms with Crippen molar-refractivity contribution in [3.63, 3.8) is 0 Å². The van der Waals surface area contributed by atoms with Gasteiger partial charge in [0.05, 0.1) is 17.1 Å². The molecule has 17 heavy (non-hydrogen) atoms. The lowest BCUT2D eigenvalue weighted by Crippen LogP contribution is -2.15. The Morgan fingerprint density at radius 2 is 1.88 bits per heavy atom. The SMILES string of the molecule is CCCCCCCC(C)Nc1c(C)n[nH]c1C. The molecule has 1 heterocycles. The first-order valence-electron chi connectivity index (χ1n) is 6.93. The van der Waals surface area contributed by atoms with Crippen molar-refractivity contribution >= 4 is 5.69 Å². The third kappa shape index (κ3) is 4.80. The number of nitrogens with one attached hydrogen (secondary N) is 2. The number of anilines is 1. The van der Waals surface area contributed by atoms with Crippen LogP contribution in [-0.2, 0) is 0 Å². The molecule has 0 aliphatic carbocycles. The Morgan fingerprint density at radius 1 is 1.18 bits per heavy atom. The molecule has 98 valence electrons. The molecule has 0 aliphatic rings. The molecule has 1 rings (SSSR count). The first-order valence-corrected chi connectivity index (χ1v) is 6.93. The van der Waals surface area contributed by atoms with Crippen LogP contribution in [0.2, 0.25) is 0 Å². The smallest absolute Gasteiger partial charge is 0.0825 e. The average Bonchev–Trinajstić information content (AvgIpc) is 2.60. The molecule has 0 amide bonds. The first-order chi connectivity index (χ1) is 8.15. The third-order valence-corrected chi connectivity index (χ3v) is 3.26. The van der Waals surface area contributed by atoms with Crippen LogP contribution in [-0.4, -0.2) is 16.2 Å². The molecule has 0 aliphatic heterocycles. The second-order valence-corrected chi connectivity index (χ2v) is 5.06. The Morgan fingerprint density at radius 3 is 2.47 bits per heavy atom. The van der Waals surface area contributed by atoms with E-state index >= 15 is 0 Å². The average molecular weight is 237 g/mol. The van der Waals surface area contributed by atoms with Crippen molar-refractivity contribution < 1.29 is 0 Å². The van der Waals surface area contributed by atoms with Gasteiger partial charge in [-0.15, -0.1) is 0 Å². The molecular formula is C14H27N3. The van der Waals surface area contributed by atoms with Crippen LogP contribution in [0.15, 0.2) is 0 Å². The molecule has 1 aromatic rings. The summed E-state index contributed by atoms with van der Waals surface area (Å²) in [5.41, 5.74) is 3.40. The Labute approximate surface area is 105 Å². The molecule has 3 nitrogen and oxygen atoms in total. The number of aryl methyl sites for hydroxylation is 2. The molecule has 1 atom stereocenters. The second-order valence-electron chi connectivity index (χ2n) is 5.06. The van der Waals surface area contributed by atoms with Crippen molar-refractivity contribution in [2.45, 2.75) is 72.3 Å². The highest BCUT2D eigenvalue weighted by Crippen LogP contribution is 2.18. The van der Waals surface area contributed by atoms with E-state index in [0.29, 0.717) is 6.04 Å². The van der Waals surface area contributed by atoms with Crippen molar-refractivity contribution in [2.75, 3.05) is 5.32 Å². The lowest BCUT2D eigenvalue weighted by Gasteiger charge is -2.15. The van der Waals surface area contributed by atoms with E-state index in [2.05, 4.69) is 36.3 Å². The molecule has 0 radical (unpaired) electrons. The predicted molar refractivity (Wildman–Crippen MR) is 74.5 cm³/mol. The maximum atomic E-state index is 4.20. The molecule has 3 heteroatoms. The van der Waals surface area contributed by atoms with E-state index < -0.39 is 0 Å². The van der Waals surface area contributed by atoms with Gasteiger partial charge in [0.1, 0.15) is 0 Å². The van der Waals surface area contributed by atoms with Gasteiger partial charge in [0.25, 0.3) is 0 Å². The standard InChI is InChI=1S/C14H27N3/c1-5-6-7-8-9-10-11(2)15-14-12(3)16-17-13(14)4/h11,15H,5-10H2,1-4H3,(H,16,17). The van der Waals surface area contributed by atoms with Crippen molar-refractivity contribution in [3.05, 3.63) is 11.4 Å². The van der Waals surface area contributed by atoms with Gasteiger partial charge in [-0.05, 0) is 27.2 Å². The van der Waals surface area contributed by atoms with Crippen molar-refractivity contribution in [1.82, 2.24) is 10.2 Å². The van der Waals surface area contributed by atoms with E-state index in [0.717, 1.165) is 11.4 Å². The minimum atomic E-state index is 0.534. The van der Waals surface area contributed by atoms with Crippen LogP contribution in [0.25, 0.3) is 0 Å². The molecule has 0 saturated heterocycles. The fourth-order valence-electron chi connectivity index (χ4n) is 2.14. The Bertz CT molecular complexity index is 298. The van der Waals surface area contributed by atoms with E-state index in [4.69, 9.17) is 0 Å². The summed E-state index contributed by atoms with van der Waals surface area (Å²) in [6.07, 6.45) is 8.01. The minimum absolute atomic E-state index is 0.534. The zero-order chi connectivity index (χ0) is 12.7. The molecule has 1 aromatic heterocycles. The van der Waals surface area contributed by atoms with Crippen LogP contribution in [0.4, 0.5) is 5.69 Å². The summed E-state index contributed by atoms with van der Waals surface area (Å²) in [6, 6.07) is 0.534. The van der Waals surface area contributed by atoms with Crippen LogP contribution < -0.4 is 5.32 Å². The zero-order valence-corrected chi connectivity index (χ0v) is 11.8. The number of nitrogens with zero attached hydrogens (tertiary/aromatic N) is 1. The summed E-state index contributed by atoms with van der Waals surface area (Å²) < 4.78 is 0. The quantitative estimate of drug-likeness (QED) is 0.666. The zero-order valence-electron chi connectivity index (χ0n) is 11.8. The Kier molecular flexibility index (Phi) is 6.09. The minimum Gasteiger partial charge on any atom is -0.380 e. The summed E-state index contributed by atoms with van der Waals surface area (Å²) in [4.78, 5) is 0. The van der Waals surface area contributed by atoms with Crippen molar-refractivity contribution in [1.29, 1.82) is 0 Å². The van der Waals surface area contributed by atoms with Gasteiger partial charge in [0.15, 0.2) is 0 Å². The highest BCUT2D eigenvalue weighted by Gasteiger charge is 2.08. The number of unbranched alkanes of at least 4 members (excludes halogenated alkanes) is 4. The molecule has 0 fully saturated rings. The molecule has 0 bridgehead atoms. The van der Waals surface area contributed by atoms with Crippen LogP contribution in [0.1, 0.15) is 63.8 Å². The van der Waals surface area contributed by atoms with Gasteiger partial charge in [-0.1, -0.05) is 39.0 Å². The maximum Gasteiger partial charge on any atom is 0.0825 e. The lowest BCUT2D eigenvalue weighted by atomic mass is 10.1. The van der Waals surface area contributed by atoms with Gasteiger partial charge in [0, 0.05) is 6.04 Å². The fraction of sp³-hybridized carbons (Fsp3) is 0.786. The molecule has 0 aromatic carbocycles. The fourth-order valence-corrected chi connectivity index (χ4v) is 2.14. The number of hydrogen-bond donors (Lipinski definition) is 2. The van der Waals surface area contributed by atoms with E-state index in [1.165, 1.54) is 44.2 Å².